The highest BCUT2D eigenvalue weighted by Crippen LogP contribution is 2.38. The Labute approximate surface area is 371 Å². The van der Waals surface area contributed by atoms with Gasteiger partial charge in [0.2, 0.25) is 0 Å². The van der Waals surface area contributed by atoms with E-state index >= 15 is 0 Å². The standard InChI is InChI=1S/C56H38N4O4/c57-37-47(43-15-19-45(20-16-43)55(61)62)35-39-11-27-51(28-12-39)60(52-29-13-40(14-30-52)36-48(38-58)44-17-21-46(22-18-44)56(63)64)54-33-25-42(26-34-54)41-23-31-53(32-24-41)59(49-7-3-1-4-8-49)50-9-5-2-6-10-50/h1-36H,(H,61,62)(H,63,64). The summed E-state index contributed by atoms with van der Waals surface area (Å²) in [5.74, 6) is -2.06. The number of anilines is 6. The topological polar surface area (TPSA) is 129 Å². The zero-order valence-electron chi connectivity index (χ0n) is 34.3. The lowest BCUT2D eigenvalue weighted by Crippen LogP contribution is -2.10. The fourth-order valence-electron chi connectivity index (χ4n) is 7.37. The first-order valence-electron chi connectivity index (χ1n) is 20.3. The van der Waals surface area contributed by atoms with Crippen LogP contribution in [0.3, 0.4) is 0 Å². The number of para-hydroxylation sites is 2. The summed E-state index contributed by atoms with van der Waals surface area (Å²) < 4.78 is 0. The van der Waals surface area contributed by atoms with Gasteiger partial charge >= 0.3 is 11.9 Å². The number of nitrogens with zero attached hydrogens (tertiary/aromatic N) is 4. The van der Waals surface area contributed by atoms with Gasteiger partial charge in [0.1, 0.15) is 0 Å². The van der Waals surface area contributed by atoms with Crippen molar-refractivity contribution in [1.29, 1.82) is 10.5 Å². The van der Waals surface area contributed by atoms with E-state index in [-0.39, 0.29) is 11.1 Å². The molecular weight excluding hydrogens is 793 g/mol. The maximum atomic E-state index is 11.4. The van der Waals surface area contributed by atoms with Gasteiger partial charge in [0.25, 0.3) is 0 Å². The number of allylic oxidation sites excluding steroid dienone is 2. The van der Waals surface area contributed by atoms with Gasteiger partial charge in [-0.05, 0) is 143 Å². The minimum atomic E-state index is -1.03. The van der Waals surface area contributed by atoms with E-state index in [4.69, 9.17) is 0 Å². The third-order valence-corrected chi connectivity index (χ3v) is 10.7. The number of carboxylic acid groups (broad SMARTS) is 2. The molecule has 2 N–H and O–H groups in total. The molecule has 0 heterocycles. The highest BCUT2D eigenvalue weighted by molar-refractivity contribution is 5.94. The van der Waals surface area contributed by atoms with E-state index < -0.39 is 11.9 Å². The lowest BCUT2D eigenvalue weighted by atomic mass is 10.0. The minimum absolute atomic E-state index is 0.146. The van der Waals surface area contributed by atoms with E-state index in [1.54, 1.807) is 36.4 Å². The maximum Gasteiger partial charge on any atom is 0.335 e. The molecule has 0 bridgehead atoms. The van der Waals surface area contributed by atoms with Crippen LogP contribution in [0.4, 0.5) is 34.1 Å². The molecular formula is C56H38N4O4. The fraction of sp³-hybridized carbons (Fsp3) is 0. The predicted octanol–water partition coefficient (Wildman–Crippen LogP) is 13.8. The summed E-state index contributed by atoms with van der Waals surface area (Å²) >= 11 is 0. The first-order valence-corrected chi connectivity index (χ1v) is 20.3. The summed E-state index contributed by atoms with van der Waals surface area (Å²) in [4.78, 5) is 27.1. The van der Waals surface area contributed by atoms with E-state index in [2.05, 4.69) is 94.7 Å². The Morgan fingerprint density at radius 2 is 0.625 bits per heavy atom. The molecule has 306 valence electrons. The molecule has 0 saturated heterocycles. The van der Waals surface area contributed by atoms with E-state index in [1.807, 2.05) is 84.9 Å². The second-order valence-corrected chi connectivity index (χ2v) is 14.7. The Balaban J connectivity index is 1.11. The van der Waals surface area contributed by atoms with Crippen molar-refractivity contribution < 1.29 is 19.8 Å². The van der Waals surface area contributed by atoms with Gasteiger partial charge in [-0.1, -0.05) is 109 Å². The number of carbonyl (C=O) groups is 2. The summed E-state index contributed by atoms with van der Waals surface area (Å²) in [6.07, 6.45) is 3.54. The van der Waals surface area contributed by atoms with Gasteiger partial charge in [0.05, 0.1) is 34.4 Å². The first-order chi connectivity index (χ1) is 31.3. The molecule has 0 aliphatic heterocycles. The van der Waals surface area contributed by atoms with Crippen LogP contribution in [0.25, 0.3) is 34.4 Å². The molecule has 0 atom stereocenters. The normalized spacial score (nSPS) is 11.2. The summed E-state index contributed by atoms with van der Waals surface area (Å²) in [5, 5.41) is 38.6. The number of benzene rings is 8. The number of aromatic carboxylic acids is 2. The number of hydrogen-bond acceptors (Lipinski definition) is 6. The van der Waals surface area contributed by atoms with E-state index in [9.17, 15) is 30.3 Å². The summed E-state index contributed by atoms with van der Waals surface area (Å²) in [6.45, 7) is 0. The Bertz CT molecular complexity index is 2890. The molecule has 0 radical (unpaired) electrons. The average molecular weight is 831 g/mol. The maximum absolute atomic E-state index is 11.4. The fourth-order valence-corrected chi connectivity index (χ4v) is 7.37. The molecule has 8 aromatic rings. The Morgan fingerprint density at radius 1 is 0.359 bits per heavy atom. The van der Waals surface area contributed by atoms with Gasteiger partial charge < -0.3 is 20.0 Å². The van der Waals surface area contributed by atoms with Crippen molar-refractivity contribution >= 4 is 69.4 Å². The van der Waals surface area contributed by atoms with Crippen LogP contribution in [0.5, 0.6) is 0 Å². The Hall–Kier alpha value is -9.24. The van der Waals surface area contributed by atoms with Crippen LogP contribution in [-0.2, 0) is 0 Å². The summed E-state index contributed by atoms with van der Waals surface area (Å²) in [6, 6.07) is 70.0. The average Bonchev–Trinajstić information content (AvgIpc) is 3.35. The zero-order chi connectivity index (χ0) is 44.4. The molecule has 8 nitrogen and oxygen atoms in total. The Morgan fingerprint density at radius 3 is 0.906 bits per heavy atom. The molecule has 0 fully saturated rings. The van der Waals surface area contributed by atoms with Crippen LogP contribution >= 0.6 is 0 Å². The Kier molecular flexibility index (Phi) is 12.3. The summed E-state index contributed by atoms with van der Waals surface area (Å²) in [5.41, 5.74) is 11.8. The molecule has 0 saturated carbocycles. The molecule has 0 amide bonds. The highest BCUT2D eigenvalue weighted by atomic mass is 16.4. The summed E-state index contributed by atoms with van der Waals surface area (Å²) in [7, 11) is 0. The van der Waals surface area contributed by atoms with Crippen molar-refractivity contribution in [1.82, 2.24) is 0 Å². The minimum Gasteiger partial charge on any atom is -0.478 e. The van der Waals surface area contributed by atoms with Crippen LogP contribution in [0, 0.1) is 22.7 Å². The first kappa shape index (κ1) is 41.5. The van der Waals surface area contributed by atoms with Gasteiger partial charge in [-0.15, -0.1) is 0 Å². The monoisotopic (exact) mass is 830 g/mol. The number of nitriles is 2. The molecule has 0 spiro atoms. The van der Waals surface area contributed by atoms with Crippen molar-refractivity contribution in [3.8, 4) is 23.3 Å². The van der Waals surface area contributed by atoms with Crippen molar-refractivity contribution in [2.45, 2.75) is 0 Å². The molecule has 0 aromatic heterocycles. The number of carboxylic acids is 2. The quantitative estimate of drug-likeness (QED) is 0.0868. The van der Waals surface area contributed by atoms with Crippen LogP contribution in [-0.4, -0.2) is 22.2 Å². The third kappa shape index (κ3) is 9.38. The van der Waals surface area contributed by atoms with Gasteiger partial charge in [0.15, 0.2) is 0 Å². The lowest BCUT2D eigenvalue weighted by molar-refractivity contribution is 0.0686. The second kappa shape index (κ2) is 19.0. The third-order valence-electron chi connectivity index (χ3n) is 10.7. The van der Waals surface area contributed by atoms with E-state index in [0.717, 1.165) is 56.4 Å². The lowest BCUT2D eigenvalue weighted by Gasteiger charge is -2.26. The zero-order valence-corrected chi connectivity index (χ0v) is 34.3. The van der Waals surface area contributed by atoms with Crippen LogP contribution in [0.2, 0.25) is 0 Å². The molecule has 8 aromatic carbocycles. The van der Waals surface area contributed by atoms with Crippen molar-refractivity contribution in [3.05, 3.63) is 240 Å². The van der Waals surface area contributed by atoms with Crippen molar-refractivity contribution in [2.24, 2.45) is 0 Å². The van der Waals surface area contributed by atoms with E-state index in [0.29, 0.717) is 22.3 Å². The SMILES string of the molecule is N#CC(=Cc1ccc(N(c2ccc(C=C(C#N)c3ccc(C(=O)O)cc3)cc2)c2ccc(-c3ccc(N(c4ccccc4)c4ccccc4)cc3)cc2)cc1)c1ccc(C(=O)O)cc1. The predicted molar refractivity (Wildman–Crippen MR) is 255 cm³/mol. The molecule has 64 heavy (non-hydrogen) atoms. The van der Waals surface area contributed by atoms with Crippen LogP contribution in [0.1, 0.15) is 43.0 Å². The molecule has 0 aliphatic carbocycles. The largest absolute Gasteiger partial charge is 0.478 e. The molecule has 0 aliphatic rings. The molecule has 8 rings (SSSR count). The van der Waals surface area contributed by atoms with Crippen molar-refractivity contribution in [3.63, 3.8) is 0 Å². The number of rotatable bonds is 13. The molecule has 0 unspecified atom stereocenters. The highest BCUT2D eigenvalue weighted by Gasteiger charge is 2.16. The van der Waals surface area contributed by atoms with E-state index in [1.165, 1.54) is 24.3 Å². The van der Waals surface area contributed by atoms with Gasteiger partial charge in [0, 0.05) is 34.1 Å². The van der Waals surface area contributed by atoms with Gasteiger partial charge in [-0.3, -0.25) is 0 Å². The van der Waals surface area contributed by atoms with Crippen LogP contribution < -0.4 is 9.80 Å². The number of hydrogen-bond donors (Lipinski definition) is 2. The second-order valence-electron chi connectivity index (χ2n) is 14.7. The van der Waals surface area contributed by atoms with Gasteiger partial charge in [-0.2, -0.15) is 10.5 Å². The van der Waals surface area contributed by atoms with Crippen LogP contribution in [0.15, 0.2) is 206 Å². The van der Waals surface area contributed by atoms with Gasteiger partial charge in [-0.25, -0.2) is 9.59 Å². The molecule has 8 heteroatoms. The smallest absolute Gasteiger partial charge is 0.335 e. The van der Waals surface area contributed by atoms with Crippen molar-refractivity contribution in [2.75, 3.05) is 9.80 Å².